The molecule has 2 aromatic heterocycles. The SMILES string of the molecule is C[n+]1cn(Cc2ccccc2)c2c(=O)[nH]c(N3CCCCC3)nc21.Cc1ccc(S(=O)(=O)[O-])cc1. The molecule has 4 aromatic rings. The van der Waals surface area contributed by atoms with Crippen LogP contribution < -0.4 is 15.0 Å². The predicted molar refractivity (Wildman–Crippen MR) is 132 cm³/mol. The quantitative estimate of drug-likeness (QED) is 0.344. The Morgan fingerprint density at radius 1 is 1.03 bits per heavy atom. The largest absolute Gasteiger partial charge is 0.744 e. The van der Waals surface area contributed by atoms with Crippen LogP contribution in [0.3, 0.4) is 0 Å². The highest BCUT2D eigenvalue weighted by Crippen LogP contribution is 2.16. The highest BCUT2D eigenvalue weighted by atomic mass is 32.2. The third kappa shape index (κ3) is 5.95. The summed E-state index contributed by atoms with van der Waals surface area (Å²) in [6.07, 6.45) is 5.51. The number of H-pyrrole nitrogens is 1. The number of aryl methyl sites for hydroxylation is 2. The van der Waals surface area contributed by atoms with Gasteiger partial charge in [-0.1, -0.05) is 53.0 Å². The summed E-state index contributed by atoms with van der Waals surface area (Å²) in [5.41, 5.74) is 3.38. The summed E-state index contributed by atoms with van der Waals surface area (Å²) in [6.45, 7) is 4.40. The van der Waals surface area contributed by atoms with Crippen LogP contribution in [0.4, 0.5) is 5.95 Å². The van der Waals surface area contributed by atoms with Gasteiger partial charge in [-0.2, -0.15) is 0 Å². The fourth-order valence-corrected chi connectivity index (χ4v) is 4.60. The molecule has 0 atom stereocenters. The average Bonchev–Trinajstić information content (AvgIpc) is 3.16. The molecule has 0 spiro atoms. The minimum absolute atomic E-state index is 0.0721. The zero-order chi connectivity index (χ0) is 25.0. The maximum absolute atomic E-state index is 12.7. The topological polar surface area (TPSA) is 115 Å². The zero-order valence-corrected chi connectivity index (χ0v) is 20.7. The van der Waals surface area contributed by atoms with Gasteiger partial charge < -0.3 is 9.45 Å². The number of hydrogen-bond donors (Lipinski definition) is 1. The fraction of sp³-hybridized carbons (Fsp3) is 0.320. The first-order valence-corrected chi connectivity index (χ1v) is 12.9. The van der Waals surface area contributed by atoms with E-state index in [-0.39, 0.29) is 10.5 Å². The van der Waals surface area contributed by atoms with Gasteiger partial charge in [0.2, 0.25) is 5.52 Å². The molecule has 1 aliphatic rings. The van der Waals surface area contributed by atoms with Gasteiger partial charge in [0.05, 0.1) is 18.5 Å². The van der Waals surface area contributed by atoms with Crippen LogP contribution in [-0.4, -0.2) is 40.6 Å². The molecule has 9 nitrogen and oxygen atoms in total. The summed E-state index contributed by atoms with van der Waals surface area (Å²) in [5, 5.41) is 0. The number of rotatable bonds is 4. The molecule has 2 aromatic carbocycles. The van der Waals surface area contributed by atoms with Crippen molar-refractivity contribution >= 4 is 27.2 Å². The van der Waals surface area contributed by atoms with E-state index < -0.39 is 10.1 Å². The van der Waals surface area contributed by atoms with E-state index in [0.29, 0.717) is 18.0 Å². The number of imidazole rings is 1. The van der Waals surface area contributed by atoms with Crippen molar-refractivity contribution in [2.24, 2.45) is 7.05 Å². The number of anilines is 1. The van der Waals surface area contributed by atoms with Gasteiger partial charge in [0.15, 0.2) is 6.33 Å². The lowest BCUT2D eigenvalue weighted by molar-refractivity contribution is -0.647. The van der Waals surface area contributed by atoms with Gasteiger partial charge in [0.1, 0.15) is 10.1 Å². The number of hydrogen-bond acceptors (Lipinski definition) is 6. The smallest absolute Gasteiger partial charge is 0.311 e. The molecule has 0 amide bonds. The van der Waals surface area contributed by atoms with Crippen LogP contribution in [0.25, 0.3) is 11.2 Å². The summed E-state index contributed by atoms with van der Waals surface area (Å²) in [4.78, 5) is 22.4. The van der Waals surface area contributed by atoms with Gasteiger partial charge in [-0.05, 0) is 43.9 Å². The molecule has 0 unspecified atom stereocenters. The minimum Gasteiger partial charge on any atom is -0.744 e. The monoisotopic (exact) mass is 495 g/mol. The maximum Gasteiger partial charge on any atom is 0.311 e. The molecule has 0 aliphatic carbocycles. The van der Waals surface area contributed by atoms with Crippen LogP contribution in [0, 0.1) is 6.92 Å². The molecule has 0 saturated carbocycles. The number of aromatic amines is 1. The van der Waals surface area contributed by atoms with Crippen LogP contribution in [0.2, 0.25) is 0 Å². The van der Waals surface area contributed by atoms with Gasteiger partial charge >= 0.3 is 5.65 Å². The van der Waals surface area contributed by atoms with E-state index in [4.69, 9.17) is 4.98 Å². The second-order valence-electron chi connectivity index (χ2n) is 8.72. The second kappa shape index (κ2) is 10.4. The van der Waals surface area contributed by atoms with Crippen molar-refractivity contribution in [2.75, 3.05) is 18.0 Å². The Kier molecular flexibility index (Phi) is 7.32. The van der Waals surface area contributed by atoms with E-state index in [1.165, 1.54) is 18.6 Å². The summed E-state index contributed by atoms with van der Waals surface area (Å²) in [5.74, 6) is 0.695. The minimum atomic E-state index is -4.27. The lowest BCUT2D eigenvalue weighted by atomic mass is 10.1. The van der Waals surface area contributed by atoms with Crippen LogP contribution in [-0.2, 0) is 23.7 Å². The van der Waals surface area contributed by atoms with Crippen LogP contribution in [0.15, 0.2) is 70.6 Å². The van der Waals surface area contributed by atoms with E-state index in [1.54, 1.807) is 12.1 Å². The Labute approximate surface area is 204 Å². The van der Waals surface area contributed by atoms with E-state index in [1.807, 2.05) is 47.6 Å². The van der Waals surface area contributed by atoms with Gasteiger partial charge in [-0.25, -0.2) is 13.0 Å². The molecular formula is C25H29N5O4S. The predicted octanol–water partition coefficient (Wildman–Crippen LogP) is 2.49. The number of benzene rings is 2. The standard InChI is InChI=1S/C18H21N5O.C7H8O3S/c1-21-13-23(12-14-8-4-2-5-9-14)15-16(21)19-18(20-17(15)24)22-10-6-3-7-11-22;1-6-2-4-7(5-3-6)11(8,9)10/h2,4-5,8-9,13H,3,6-7,10-12H2,1H3;2-5H,1H3,(H,8,9,10). The summed E-state index contributed by atoms with van der Waals surface area (Å²) in [6, 6.07) is 15.9. The Bertz CT molecular complexity index is 1460. The summed E-state index contributed by atoms with van der Waals surface area (Å²) in [7, 11) is -2.33. The lowest BCUT2D eigenvalue weighted by Crippen LogP contribution is -2.34. The van der Waals surface area contributed by atoms with Crippen molar-refractivity contribution in [3.8, 4) is 0 Å². The normalized spacial score (nSPS) is 14.0. The van der Waals surface area contributed by atoms with E-state index in [9.17, 15) is 17.8 Å². The molecule has 0 bridgehead atoms. The molecule has 1 aliphatic heterocycles. The molecular weight excluding hydrogens is 466 g/mol. The Balaban J connectivity index is 0.000000221. The molecule has 0 radical (unpaired) electrons. The highest BCUT2D eigenvalue weighted by molar-refractivity contribution is 7.85. The number of nitrogens with zero attached hydrogens (tertiary/aromatic N) is 4. The van der Waals surface area contributed by atoms with Crippen molar-refractivity contribution in [3.05, 3.63) is 82.4 Å². The number of fused-ring (bicyclic) bond motifs is 1. The fourth-order valence-electron chi connectivity index (χ4n) is 4.13. The number of piperidine rings is 1. The van der Waals surface area contributed by atoms with E-state index in [0.717, 1.165) is 42.7 Å². The van der Waals surface area contributed by atoms with Gasteiger partial charge in [-0.15, -0.1) is 0 Å². The first-order valence-electron chi connectivity index (χ1n) is 11.5. The van der Waals surface area contributed by atoms with Crippen molar-refractivity contribution in [3.63, 3.8) is 0 Å². The average molecular weight is 496 g/mol. The number of nitrogens with one attached hydrogen (secondary N) is 1. The Morgan fingerprint density at radius 3 is 2.31 bits per heavy atom. The third-order valence-corrected chi connectivity index (χ3v) is 6.81. The molecule has 184 valence electrons. The van der Waals surface area contributed by atoms with Crippen molar-refractivity contribution in [1.29, 1.82) is 0 Å². The maximum atomic E-state index is 12.7. The number of aromatic nitrogens is 4. The molecule has 5 rings (SSSR count). The van der Waals surface area contributed by atoms with Gasteiger partial charge in [0, 0.05) is 13.1 Å². The van der Waals surface area contributed by atoms with Crippen LogP contribution in [0.1, 0.15) is 30.4 Å². The Morgan fingerprint density at radius 2 is 1.69 bits per heavy atom. The summed E-state index contributed by atoms with van der Waals surface area (Å²) >= 11 is 0. The van der Waals surface area contributed by atoms with Crippen molar-refractivity contribution in [1.82, 2.24) is 14.5 Å². The van der Waals surface area contributed by atoms with Gasteiger partial charge in [-0.3, -0.25) is 14.3 Å². The summed E-state index contributed by atoms with van der Waals surface area (Å²) < 4.78 is 35.1. The first-order chi connectivity index (χ1) is 16.7. The zero-order valence-electron chi connectivity index (χ0n) is 19.8. The molecule has 3 heterocycles. The van der Waals surface area contributed by atoms with E-state index >= 15 is 0 Å². The third-order valence-electron chi connectivity index (χ3n) is 5.96. The van der Waals surface area contributed by atoms with Crippen molar-refractivity contribution < 1.29 is 17.5 Å². The van der Waals surface area contributed by atoms with Gasteiger partial charge in [0.25, 0.3) is 11.5 Å². The molecule has 1 N–H and O–H groups in total. The molecule has 10 heteroatoms. The van der Waals surface area contributed by atoms with Crippen LogP contribution >= 0.6 is 0 Å². The second-order valence-corrected chi connectivity index (χ2v) is 10.1. The lowest BCUT2D eigenvalue weighted by Gasteiger charge is -2.24. The van der Waals surface area contributed by atoms with Crippen molar-refractivity contribution in [2.45, 2.75) is 37.6 Å². The Hall–Kier alpha value is -3.50. The van der Waals surface area contributed by atoms with Crippen LogP contribution in [0.5, 0.6) is 0 Å². The molecule has 35 heavy (non-hydrogen) atoms. The molecule has 1 saturated heterocycles. The van der Waals surface area contributed by atoms with E-state index in [2.05, 4.69) is 22.0 Å². The first kappa shape index (κ1) is 24.6. The molecule has 1 fully saturated rings. The highest BCUT2D eigenvalue weighted by Gasteiger charge is 2.23.